The molecule has 0 saturated carbocycles. The molecule has 0 spiro atoms. The minimum Gasteiger partial charge on any atom is -0.334 e. The Labute approximate surface area is 164 Å². The van der Waals surface area contributed by atoms with Crippen LogP contribution in [0.5, 0.6) is 0 Å². The van der Waals surface area contributed by atoms with E-state index in [1.165, 1.54) is 0 Å². The van der Waals surface area contributed by atoms with Gasteiger partial charge in [0.1, 0.15) is 5.69 Å². The number of aromatic nitrogens is 2. The van der Waals surface area contributed by atoms with Gasteiger partial charge in [0.15, 0.2) is 0 Å². The van der Waals surface area contributed by atoms with Crippen LogP contribution in [-0.2, 0) is 6.54 Å². The molecular weight excluding hydrogens is 350 g/mol. The lowest BCUT2D eigenvalue weighted by Crippen LogP contribution is -2.32. The maximum Gasteiger partial charge on any atom is 0.274 e. The summed E-state index contributed by atoms with van der Waals surface area (Å²) >= 11 is 0. The van der Waals surface area contributed by atoms with Gasteiger partial charge in [0.05, 0.1) is 11.6 Å². The molecule has 1 N–H and O–H groups in total. The van der Waals surface area contributed by atoms with Crippen LogP contribution in [0.4, 0.5) is 11.6 Å². The largest absolute Gasteiger partial charge is 0.334 e. The smallest absolute Gasteiger partial charge is 0.274 e. The summed E-state index contributed by atoms with van der Waals surface area (Å²) in [5.41, 5.74) is 2.57. The van der Waals surface area contributed by atoms with Gasteiger partial charge in [-0.25, -0.2) is 9.97 Å². The summed E-state index contributed by atoms with van der Waals surface area (Å²) in [6, 6.07) is 20.6. The summed E-state index contributed by atoms with van der Waals surface area (Å²) in [5.74, 6) is 0.183. The topological polar surface area (TPSA) is 81.9 Å². The van der Waals surface area contributed by atoms with E-state index in [-0.39, 0.29) is 17.6 Å². The minimum atomic E-state index is -0.322. The molecule has 6 nitrogen and oxygen atoms in total. The molecular formula is C22H21N5O. The number of anilines is 2. The van der Waals surface area contributed by atoms with E-state index < -0.39 is 0 Å². The van der Waals surface area contributed by atoms with Crippen molar-refractivity contribution in [2.45, 2.75) is 26.4 Å². The normalized spacial score (nSPS) is 10.4. The van der Waals surface area contributed by atoms with E-state index in [0.717, 1.165) is 5.56 Å². The van der Waals surface area contributed by atoms with Gasteiger partial charge in [-0.05, 0) is 49.7 Å². The molecule has 140 valence electrons. The highest BCUT2D eigenvalue weighted by atomic mass is 16.1. The Morgan fingerprint density at radius 3 is 2.46 bits per heavy atom. The lowest BCUT2D eigenvalue weighted by molar-refractivity contribution is 0.102. The predicted octanol–water partition coefficient (Wildman–Crippen LogP) is 4.02. The zero-order valence-electron chi connectivity index (χ0n) is 15.8. The molecule has 0 saturated heterocycles. The van der Waals surface area contributed by atoms with Crippen molar-refractivity contribution >= 4 is 17.5 Å². The number of benzene rings is 2. The van der Waals surface area contributed by atoms with Crippen molar-refractivity contribution in [1.29, 1.82) is 5.26 Å². The molecule has 0 unspecified atom stereocenters. The second kappa shape index (κ2) is 8.78. The Morgan fingerprint density at radius 1 is 1.11 bits per heavy atom. The quantitative estimate of drug-likeness (QED) is 0.708. The molecule has 0 bridgehead atoms. The number of rotatable bonds is 6. The molecule has 2 aromatic carbocycles. The Kier molecular flexibility index (Phi) is 5.97. The monoisotopic (exact) mass is 371 g/mol. The van der Waals surface area contributed by atoms with E-state index in [0.29, 0.717) is 23.7 Å². The van der Waals surface area contributed by atoms with Crippen LogP contribution in [-0.4, -0.2) is 21.9 Å². The minimum absolute atomic E-state index is 0.164. The van der Waals surface area contributed by atoms with E-state index in [1.807, 2.05) is 23.1 Å². The van der Waals surface area contributed by atoms with Crippen LogP contribution in [0.15, 0.2) is 66.9 Å². The first kappa shape index (κ1) is 19.1. The number of nitrogens with one attached hydrogen (secondary N) is 1. The van der Waals surface area contributed by atoms with Gasteiger partial charge in [-0.15, -0.1) is 0 Å². The van der Waals surface area contributed by atoms with Gasteiger partial charge in [0.2, 0.25) is 5.95 Å². The van der Waals surface area contributed by atoms with E-state index >= 15 is 0 Å². The number of amides is 1. The summed E-state index contributed by atoms with van der Waals surface area (Å²) in [7, 11) is 0. The average molecular weight is 371 g/mol. The third-order valence-corrected chi connectivity index (χ3v) is 4.22. The van der Waals surface area contributed by atoms with Crippen molar-refractivity contribution in [1.82, 2.24) is 9.97 Å². The molecule has 0 aliphatic carbocycles. The maximum absolute atomic E-state index is 12.6. The van der Waals surface area contributed by atoms with Gasteiger partial charge in [0, 0.05) is 24.5 Å². The average Bonchev–Trinajstić information content (AvgIpc) is 2.73. The lowest BCUT2D eigenvalue weighted by Gasteiger charge is -2.27. The van der Waals surface area contributed by atoms with E-state index in [4.69, 9.17) is 5.26 Å². The van der Waals surface area contributed by atoms with Crippen molar-refractivity contribution in [3.8, 4) is 6.07 Å². The lowest BCUT2D eigenvalue weighted by atomic mass is 10.2. The Bertz CT molecular complexity index is 978. The van der Waals surface area contributed by atoms with Crippen molar-refractivity contribution in [2.75, 3.05) is 10.2 Å². The number of nitrogens with zero attached hydrogens (tertiary/aromatic N) is 4. The van der Waals surface area contributed by atoms with Crippen LogP contribution < -0.4 is 10.2 Å². The van der Waals surface area contributed by atoms with E-state index in [1.54, 1.807) is 36.5 Å². The fourth-order valence-electron chi connectivity index (χ4n) is 2.70. The van der Waals surface area contributed by atoms with Crippen LogP contribution in [0.25, 0.3) is 0 Å². The van der Waals surface area contributed by atoms with Gasteiger partial charge in [-0.2, -0.15) is 5.26 Å². The Balaban J connectivity index is 1.79. The predicted molar refractivity (Wildman–Crippen MR) is 109 cm³/mol. The third-order valence-electron chi connectivity index (χ3n) is 4.22. The van der Waals surface area contributed by atoms with Gasteiger partial charge in [-0.3, -0.25) is 4.79 Å². The molecule has 3 rings (SSSR count). The second-order valence-corrected chi connectivity index (χ2v) is 6.59. The van der Waals surface area contributed by atoms with Crippen LogP contribution in [0.2, 0.25) is 0 Å². The highest BCUT2D eigenvalue weighted by Gasteiger charge is 2.17. The fourth-order valence-corrected chi connectivity index (χ4v) is 2.70. The first-order valence-corrected chi connectivity index (χ1v) is 9.02. The molecule has 1 amide bonds. The van der Waals surface area contributed by atoms with Gasteiger partial charge >= 0.3 is 0 Å². The summed E-state index contributed by atoms with van der Waals surface area (Å²) < 4.78 is 0. The standard InChI is InChI=1S/C22H21N5O/c1-16(2)27(15-18-6-4-3-5-7-18)22-24-13-12-20(26-22)21(28)25-19-10-8-17(14-23)9-11-19/h3-13,16H,15H2,1-2H3,(H,25,28). The molecule has 28 heavy (non-hydrogen) atoms. The SMILES string of the molecule is CC(C)N(Cc1ccccc1)c1nccc(C(=O)Nc2ccc(C#N)cc2)n1. The summed E-state index contributed by atoms with van der Waals surface area (Å²) in [4.78, 5) is 23.5. The van der Waals surface area contributed by atoms with E-state index in [9.17, 15) is 4.79 Å². The number of carbonyl (C=O) groups is 1. The molecule has 3 aromatic rings. The van der Waals surface area contributed by atoms with Crippen LogP contribution in [0, 0.1) is 11.3 Å². The van der Waals surface area contributed by atoms with Crippen LogP contribution >= 0.6 is 0 Å². The van der Waals surface area contributed by atoms with Crippen molar-refractivity contribution in [3.63, 3.8) is 0 Å². The highest BCUT2D eigenvalue weighted by Crippen LogP contribution is 2.17. The molecule has 1 heterocycles. The third kappa shape index (κ3) is 4.71. The number of hydrogen-bond donors (Lipinski definition) is 1. The number of hydrogen-bond acceptors (Lipinski definition) is 5. The molecule has 0 aliphatic rings. The number of carbonyl (C=O) groups excluding carboxylic acids is 1. The fraction of sp³-hybridized carbons (Fsp3) is 0.182. The first-order valence-electron chi connectivity index (χ1n) is 9.02. The zero-order valence-corrected chi connectivity index (χ0v) is 15.8. The Morgan fingerprint density at radius 2 is 1.82 bits per heavy atom. The molecule has 0 radical (unpaired) electrons. The van der Waals surface area contributed by atoms with Crippen LogP contribution in [0.3, 0.4) is 0 Å². The van der Waals surface area contributed by atoms with E-state index in [2.05, 4.69) is 47.3 Å². The van der Waals surface area contributed by atoms with Gasteiger partial charge < -0.3 is 10.2 Å². The molecule has 1 aromatic heterocycles. The highest BCUT2D eigenvalue weighted by molar-refractivity contribution is 6.03. The first-order chi connectivity index (χ1) is 13.6. The summed E-state index contributed by atoms with van der Waals surface area (Å²) in [6.45, 7) is 4.78. The Hall–Kier alpha value is -3.72. The maximum atomic E-state index is 12.6. The number of nitriles is 1. The van der Waals surface area contributed by atoms with Gasteiger partial charge in [0.25, 0.3) is 5.91 Å². The molecule has 0 atom stereocenters. The summed E-state index contributed by atoms with van der Waals surface area (Å²) in [5, 5.41) is 11.7. The molecule has 6 heteroatoms. The van der Waals surface area contributed by atoms with Crippen molar-refractivity contribution in [3.05, 3.63) is 83.7 Å². The zero-order chi connectivity index (χ0) is 19.9. The second-order valence-electron chi connectivity index (χ2n) is 6.59. The van der Waals surface area contributed by atoms with Gasteiger partial charge in [-0.1, -0.05) is 30.3 Å². The molecule has 0 aliphatic heterocycles. The summed E-state index contributed by atoms with van der Waals surface area (Å²) in [6.07, 6.45) is 1.59. The molecule has 0 fully saturated rings. The van der Waals surface area contributed by atoms with Crippen LogP contribution in [0.1, 0.15) is 35.5 Å². The van der Waals surface area contributed by atoms with Crippen molar-refractivity contribution in [2.24, 2.45) is 0 Å². The van der Waals surface area contributed by atoms with Crippen molar-refractivity contribution < 1.29 is 4.79 Å².